The number of aldehydes is 1. The molecule has 0 aromatic rings. The molecule has 15 atom stereocenters. The van der Waals surface area contributed by atoms with Crippen LogP contribution in [0, 0.1) is 0 Å². The lowest BCUT2D eigenvalue weighted by Crippen LogP contribution is -2.66. The van der Waals surface area contributed by atoms with E-state index in [1.54, 1.807) is 0 Å². The van der Waals surface area contributed by atoms with Gasteiger partial charge in [0.1, 0.15) is 79.5 Å². The van der Waals surface area contributed by atoms with Crippen molar-refractivity contribution in [1.82, 2.24) is 0 Å². The van der Waals surface area contributed by atoms with Gasteiger partial charge in [0.2, 0.25) is 0 Å². The molecule has 0 aromatic carbocycles. The van der Waals surface area contributed by atoms with Crippen molar-refractivity contribution in [3.8, 4) is 0 Å². The minimum atomic E-state index is -1.91. The Morgan fingerprint density at radius 1 is 0.550 bits per heavy atom. The SMILES string of the molecule is O=CCCCCO[C@@H]1O[C@H](CO)[C@@H](O[C@@H]2O[C@H](CO)[C@H](O[C@H]3O[C@H](CO)[C@H](O)[C@H](O)[C@H]3O)[C@H](O)[C@H]2O)[C@H](O)[C@H]1O. The summed E-state index contributed by atoms with van der Waals surface area (Å²) >= 11 is 0. The van der Waals surface area contributed by atoms with E-state index in [0.29, 0.717) is 19.3 Å². The van der Waals surface area contributed by atoms with Crippen LogP contribution in [0.3, 0.4) is 0 Å². The number of carbonyl (C=O) groups is 1. The monoisotopic (exact) mass is 588 g/mol. The fourth-order valence-electron chi connectivity index (χ4n) is 4.71. The second kappa shape index (κ2) is 15.5. The Hall–Kier alpha value is -0.970. The largest absolute Gasteiger partial charge is 0.394 e. The summed E-state index contributed by atoms with van der Waals surface area (Å²) in [5, 5.41) is 102. The van der Waals surface area contributed by atoms with E-state index >= 15 is 0 Å². The molecule has 17 nitrogen and oxygen atoms in total. The maximum Gasteiger partial charge on any atom is 0.187 e. The molecule has 0 bridgehead atoms. The zero-order valence-corrected chi connectivity index (χ0v) is 21.5. The second-order valence-corrected chi connectivity index (χ2v) is 9.85. The predicted octanol–water partition coefficient (Wildman–Crippen LogP) is -6.18. The molecule has 0 radical (unpaired) electrons. The average molecular weight is 589 g/mol. The van der Waals surface area contributed by atoms with Crippen LogP contribution in [0.5, 0.6) is 0 Å². The van der Waals surface area contributed by atoms with Gasteiger partial charge in [-0.3, -0.25) is 0 Å². The van der Waals surface area contributed by atoms with E-state index in [1.807, 2.05) is 0 Å². The molecule has 3 fully saturated rings. The zero-order valence-electron chi connectivity index (χ0n) is 21.5. The van der Waals surface area contributed by atoms with Gasteiger partial charge >= 0.3 is 0 Å². The molecule has 234 valence electrons. The number of aliphatic hydroxyl groups excluding tert-OH is 10. The third-order valence-electron chi connectivity index (χ3n) is 7.07. The average Bonchev–Trinajstić information content (AvgIpc) is 2.95. The van der Waals surface area contributed by atoms with Crippen molar-refractivity contribution in [2.75, 3.05) is 26.4 Å². The van der Waals surface area contributed by atoms with Gasteiger partial charge in [-0.1, -0.05) is 0 Å². The molecule has 0 amide bonds. The number of hydrogen-bond donors (Lipinski definition) is 10. The van der Waals surface area contributed by atoms with Gasteiger partial charge in [0, 0.05) is 13.0 Å². The molecule has 40 heavy (non-hydrogen) atoms. The van der Waals surface area contributed by atoms with E-state index < -0.39 is 112 Å². The van der Waals surface area contributed by atoms with Crippen LogP contribution in [-0.2, 0) is 33.2 Å². The Kier molecular flexibility index (Phi) is 13.0. The Labute approximate surface area is 229 Å². The minimum Gasteiger partial charge on any atom is -0.394 e. The van der Waals surface area contributed by atoms with E-state index in [4.69, 9.17) is 28.4 Å². The molecule has 3 saturated heterocycles. The molecule has 3 rings (SSSR count). The molecule has 0 saturated carbocycles. The molecule has 0 spiro atoms. The first-order chi connectivity index (χ1) is 19.1. The van der Waals surface area contributed by atoms with Gasteiger partial charge in [-0.2, -0.15) is 0 Å². The van der Waals surface area contributed by atoms with Gasteiger partial charge in [0.05, 0.1) is 19.8 Å². The number of unbranched alkanes of at least 4 members (excludes halogenated alkanes) is 2. The van der Waals surface area contributed by atoms with E-state index in [-0.39, 0.29) is 6.61 Å². The number of carbonyl (C=O) groups excluding carboxylic acids is 1. The highest BCUT2D eigenvalue weighted by atomic mass is 16.8. The molecule has 0 unspecified atom stereocenters. The summed E-state index contributed by atoms with van der Waals surface area (Å²) < 4.78 is 32.8. The van der Waals surface area contributed by atoms with Gasteiger partial charge in [-0.25, -0.2) is 0 Å². The van der Waals surface area contributed by atoms with E-state index in [2.05, 4.69) is 0 Å². The van der Waals surface area contributed by atoms with Gasteiger partial charge in [-0.05, 0) is 12.8 Å². The molecule has 3 aliphatic rings. The summed E-state index contributed by atoms with van der Waals surface area (Å²) in [5.74, 6) is 0. The van der Waals surface area contributed by atoms with Crippen LogP contribution in [0.1, 0.15) is 19.3 Å². The highest BCUT2D eigenvalue weighted by Gasteiger charge is 2.53. The summed E-state index contributed by atoms with van der Waals surface area (Å²) in [5.41, 5.74) is 0. The predicted molar refractivity (Wildman–Crippen MR) is 125 cm³/mol. The van der Waals surface area contributed by atoms with Gasteiger partial charge < -0.3 is 84.3 Å². The first-order valence-corrected chi connectivity index (χ1v) is 13.0. The van der Waals surface area contributed by atoms with Crippen molar-refractivity contribution < 1.29 is 84.3 Å². The van der Waals surface area contributed by atoms with Crippen LogP contribution in [-0.4, -0.2) is 176 Å². The summed E-state index contributed by atoms with van der Waals surface area (Å²) in [6.07, 6.45) is -22.3. The van der Waals surface area contributed by atoms with Crippen molar-refractivity contribution in [3.63, 3.8) is 0 Å². The molecule has 3 aliphatic heterocycles. The lowest BCUT2D eigenvalue weighted by molar-refractivity contribution is -0.379. The standard InChI is InChI=1S/C23H40O17/c24-4-2-1-3-5-35-21-17(33)14(30)19(10(7-26)37-21)40-23-18(34)15(31)20(11(8-27)38-23)39-22-16(32)13(29)12(28)9(6-25)36-22/h4,9-23,25-34H,1-3,5-8H2/t9-,10-,11-,12+,13+,14-,15-,16-,17-,18-,19-,20+,21-,22-,23+/m1/s1. The number of ether oxygens (including phenoxy) is 6. The fourth-order valence-corrected chi connectivity index (χ4v) is 4.71. The van der Waals surface area contributed by atoms with Crippen LogP contribution >= 0.6 is 0 Å². The molecule has 17 heteroatoms. The van der Waals surface area contributed by atoms with Gasteiger partial charge in [-0.15, -0.1) is 0 Å². The summed E-state index contributed by atoms with van der Waals surface area (Å²) in [6, 6.07) is 0. The Morgan fingerprint density at radius 2 is 1.00 bits per heavy atom. The summed E-state index contributed by atoms with van der Waals surface area (Å²) in [7, 11) is 0. The molecule has 0 aliphatic carbocycles. The van der Waals surface area contributed by atoms with Gasteiger partial charge in [0.15, 0.2) is 18.9 Å². The quantitative estimate of drug-likeness (QED) is 0.0707. The second-order valence-electron chi connectivity index (χ2n) is 9.85. The fraction of sp³-hybridized carbons (Fsp3) is 0.957. The van der Waals surface area contributed by atoms with Crippen LogP contribution in [0.4, 0.5) is 0 Å². The maximum absolute atomic E-state index is 10.8. The molecule has 0 aromatic heterocycles. The lowest BCUT2D eigenvalue weighted by atomic mass is 9.96. The Morgan fingerprint density at radius 3 is 1.50 bits per heavy atom. The summed E-state index contributed by atoms with van der Waals surface area (Å²) in [4.78, 5) is 10.4. The van der Waals surface area contributed by atoms with Crippen molar-refractivity contribution in [1.29, 1.82) is 0 Å². The third kappa shape index (κ3) is 7.51. The first kappa shape index (κ1) is 33.5. The topological polar surface area (TPSA) is 275 Å². The number of hydrogen-bond acceptors (Lipinski definition) is 17. The lowest BCUT2D eigenvalue weighted by Gasteiger charge is -2.48. The van der Waals surface area contributed by atoms with E-state index in [1.165, 1.54) is 0 Å². The highest BCUT2D eigenvalue weighted by Crippen LogP contribution is 2.32. The third-order valence-corrected chi connectivity index (χ3v) is 7.07. The number of aliphatic hydroxyl groups is 10. The summed E-state index contributed by atoms with van der Waals surface area (Å²) in [6.45, 7) is -2.18. The van der Waals surface area contributed by atoms with Crippen molar-refractivity contribution in [3.05, 3.63) is 0 Å². The van der Waals surface area contributed by atoms with E-state index in [9.17, 15) is 55.9 Å². The van der Waals surface area contributed by atoms with Crippen LogP contribution < -0.4 is 0 Å². The first-order valence-electron chi connectivity index (χ1n) is 13.0. The Balaban J connectivity index is 1.65. The molecule has 3 heterocycles. The van der Waals surface area contributed by atoms with Crippen LogP contribution in [0.25, 0.3) is 0 Å². The van der Waals surface area contributed by atoms with Crippen LogP contribution in [0.15, 0.2) is 0 Å². The molecular formula is C23H40O17. The minimum absolute atomic E-state index is 0.0939. The van der Waals surface area contributed by atoms with Crippen molar-refractivity contribution >= 4 is 6.29 Å². The van der Waals surface area contributed by atoms with E-state index in [0.717, 1.165) is 6.29 Å². The maximum atomic E-state index is 10.8. The van der Waals surface area contributed by atoms with Crippen molar-refractivity contribution in [2.24, 2.45) is 0 Å². The zero-order chi connectivity index (χ0) is 29.6. The Bertz CT molecular complexity index is 755. The molecular weight excluding hydrogens is 548 g/mol. The highest BCUT2D eigenvalue weighted by molar-refractivity contribution is 5.48. The van der Waals surface area contributed by atoms with Crippen molar-refractivity contribution in [2.45, 2.75) is 111 Å². The number of rotatable bonds is 13. The molecule has 10 N–H and O–H groups in total. The normalized spacial score (nSPS) is 46.3. The van der Waals surface area contributed by atoms with Gasteiger partial charge in [0.25, 0.3) is 0 Å². The van der Waals surface area contributed by atoms with Crippen LogP contribution in [0.2, 0.25) is 0 Å². The smallest absolute Gasteiger partial charge is 0.187 e.